The molecule has 5 heteroatoms. The van der Waals surface area contributed by atoms with Crippen LogP contribution in [0, 0.1) is 0 Å². The van der Waals surface area contributed by atoms with Crippen LogP contribution in [0.4, 0.5) is 0 Å². The molecule has 0 saturated heterocycles. The van der Waals surface area contributed by atoms with Gasteiger partial charge in [-0.25, -0.2) is 4.79 Å². The van der Waals surface area contributed by atoms with E-state index in [1.807, 2.05) is 13.8 Å². The lowest BCUT2D eigenvalue weighted by Crippen LogP contribution is -2.15. The molecule has 0 fully saturated rings. The Kier molecular flexibility index (Phi) is 3.69. The Balaban J connectivity index is 3.12. The topological polar surface area (TPSA) is 44.1 Å². The first-order valence-electron chi connectivity index (χ1n) is 4.43. The minimum atomic E-state index is -0.366. The molecule has 1 rings (SSSR count). The molecular weight excluding hydrogens is 248 g/mol. The lowest BCUT2D eigenvalue weighted by Gasteiger charge is -2.12. The summed E-state index contributed by atoms with van der Waals surface area (Å²) in [5, 5.41) is 4.12. The van der Waals surface area contributed by atoms with Gasteiger partial charge in [0.25, 0.3) is 0 Å². The second-order valence-corrected chi connectivity index (χ2v) is 3.89. The fourth-order valence-electron chi connectivity index (χ4n) is 1.14. The highest BCUT2D eigenvalue weighted by atomic mass is 79.9. The quantitative estimate of drug-likeness (QED) is 0.785. The fraction of sp³-hybridized carbons (Fsp3) is 0.556. The Morgan fingerprint density at radius 2 is 2.43 bits per heavy atom. The van der Waals surface area contributed by atoms with Crippen LogP contribution in [0.1, 0.15) is 36.8 Å². The van der Waals surface area contributed by atoms with Crippen molar-refractivity contribution >= 4 is 21.9 Å². The van der Waals surface area contributed by atoms with Crippen LogP contribution >= 0.6 is 15.9 Å². The minimum Gasteiger partial charge on any atom is -0.464 e. The first kappa shape index (κ1) is 11.2. The monoisotopic (exact) mass is 260 g/mol. The molecular formula is C9H13BrN2O2. The molecule has 0 radical (unpaired) electrons. The number of rotatable bonds is 3. The zero-order valence-electron chi connectivity index (χ0n) is 8.45. The van der Waals surface area contributed by atoms with Crippen molar-refractivity contribution in [1.29, 1.82) is 0 Å². The Bertz CT molecular complexity index is 336. The van der Waals surface area contributed by atoms with Crippen molar-refractivity contribution in [3.05, 3.63) is 16.4 Å². The van der Waals surface area contributed by atoms with E-state index in [0.717, 1.165) is 6.42 Å². The average molecular weight is 261 g/mol. The Morgan fingerprint density at radius 1 is 1.79 bits per heavy atom. The van der Waals surface area contributed by atoms with Crippen molar-refractivity contribution in [2.45, 2.75) is 26.3 Å². The average Bonchev–Trinajstić information content (AvgIpc) is 2.58. The number of nitrogens with zero attached hydrogens (tertiary/aromatic N) is 2. The molecule has 1 aromatic rings. The van der Waals surface area contributed by atoms with Gasteiger partial charge in [-0.05, 0) is 29.3 Å². The van der Waals surface area contributed by atoms with E-state index >= 15 is 0 Å². The number of aromatic nitrogens is 2. The number of methoxy groups -OCH3 is 1. The SMILES string of the molecule is CCC(C)n1ncc(Br)c1C(=O)OC. The van der Waals surface area contributed by atoms with Crippen LogP contribution in [-0.4, -0.2) is 22.9 Å². The lowest BCUT2D eigenvalue weighted by atomic mass is 10.2. The molecule has 78 valence electrons. The predicted octanol–water partition coefficient (Wildman–Crippen LogP) is 2.40. The molecule has 0 spiro atoms. The van der Waals surface area contributed by atoms with E-state index in [-0.39, 0.29) is 12.0 Å². The molecule has 4 nitrogen and oxygen atoms in total. The van der Waals surface area contributed by atoms with Gasteiger partial charge in [0.2, 0.25) is 0 Å². The molecule has 0 N–H and O–H groups in total. The van der Waals surface area contributed by atoms with Crippen LogP contribution in [0.15, 0.2) is 10.7 Å². The summed E-state index contributed by atoms with van der Waals surface area (Å²) in [6, 6.07) is 0.190. The van der Waals surface area contributed by atoms with E-state index in [1.165, 1.54) is 7.11 Å². The van der Waals surface area contributed by atoms with E-state index in [1.54, 1.807) is 10.9 Å². The Morgan fingerprint density at radius 3 is 2.93 bits per heavy atom. The van der Waals surface area contributed by atoms with Crippen molar-refractivity contribution in [2.24, 2.45) is 0 Å². The molecule has 0 bridgehead atoms. The van der Waals surface area contributed by atoms with E-state index < -0.39 is 0 Å². The summed E-state index contributed by atoms with van der Waals surface area (Å²) in [6.45, 7) is 4.05. The molecule has 0 aliphatic rings. The third kappa shape index (κ3) is 1.97. The van der Waals surface area contributed by atoms with E-state index in [4.69, 9.17) is 0 Å². The zero-order valence-corrected chi connectivity index (χ0v) is 10.0. The maximum absolute atomic E-state index is 11.4. The molecule has 0 aliphatic heterocycles. The summed E-state index contributed by atoms with van der Waals surface area (Å²) in [7, 11) is 1.36. The molecule has 1 aromatic heterocycles. The smallest absolute Gasteiger partial charge is 0.357 e. The number of carbonyl (C=O) groups is 1. The van der Waals surface area contributed by atoms with Gasteiger partial charge in [0.05, 0.1) is 17.8 Å². The highest BCUT2D eigenvalue weighted by Gasteiger charge is 2.19. The van der Waals surface area contributed by atoms with Crippen LogP contribution in [0.2, 0.25) is 0 Å². The third-order valence-corrected chi connectivity index (χ3v) is 2.72. The number of hydrogen-bond acceptors (Lipinski definition) is 3. The molecule has 1 heterocycles. The predicted molar refractivity (Wildman–Crippen MR) is 56.3 cm³/mol. The van der Waals surface area contributed by atoms with Crippen LogP contribution in [0.25, 0.3) is 0 Å². The fourth-order valence-corrected chi connectivity index (χ4v) is 1.57. The maximum Gasteiger partial charge on any atom is 0.357 e. The Hall–Kier alpha value is -0.840. The van der Waals surface area contributed by atoms with Crippen molar-refractivity contribution < 1.29 is 9.53 Å². The summed E-state index contributed by atoms with van der Waals surface area (Å²) in [4.78, 5) is 11.4. The summed E-state index contributed by atoms with van der Waals surface area (Å²) in [5.41, 5.74) is 0.474. The van der Waals surface area contributed by atoms with Gasteiger partial charge in [-0.3, -0.25) is 4.68 Å². The van der Waals surface area contributed by atoms with Gasteiger partial charge in [-0.2, -0.15) is 5.10 Å². The van der Waals surface area contributed by atoms with Crippen molar-refractivity contribution in [2.75, 3.05) is 7.11 Å². The minimum absolute atomic E-state index is 0.190. The summed E-state index contributed by atoms with van der Waals surface area (Å²) in [6.07, 6.45) is 2.52. The van der Waals surface area contributed by atoms with E-state index in [0.29, 0.717) is 10.2 Å². The zero-order chi connectivity index (χ0) is 10.7. The number of ether oxygens (including phenoxy) is 1. The molecule has 0 aromatic carbocycles. The largest absolute Gasteiger partial charge is 0.464 e. The first-order valence-corrected chi connectivity index (χ1v) is 5.22. The highest BCUT2D eigenvalue weighted by molar-refractivity contribution is 9.10. The molecule has 0 amide bonds. The van der Waals surface area contributed by atoms with Gasteiger partial charge in [0, 0.05) is 6.04 Å². The van der Waals surface area contributed by atoms with Crippen LogP contribution in [0.5, 0.6) is 0 Å². The molecule has 1 unspecified atom stereocenters. The molecule has 1 atom stereocenters. The van der Waals surface area contributed by atoms with Gasteiger partial charge in [0.15, 0.2) is 5.69 Å². The van der Waals surface area contributed by atoms with Crippen molar-refractivity contribution in [3.8, 4) is 0 Å². The van der Waals surface area contributed by atoms with Gasteiger partial charge >= 0.3 is 5.97 Å². The number of hydrogen-bond donors (Lipinski definition) is 0. The summed E-state index contributed by atoms with van der Waals surface area (Å²) < 4.78 is 7.03. The number of carbonyl (C=O) groups excluding carboxylic acids is 1. The van der Waals surface area contributed by atoms with Crippen LogP contribution in [-0.2, 0) is 4.74 Å². The molecule has 0 aliphatic carbocycles. The highest BCUT2D eigenvalue weighted by Crippen LogP contribution is 2.21. The lowest BCUT2D eigenvalue weighted by molar-refractivity contribution is 0.0582. The number of halogens is 1. The maximum atomic E-state index is 11.4. The molecule has 14 heavy (non-hydrogen) atoms. The standard InChI is InChI=1S/C9H13BrN2O2/c1-4-6(2)12-8(9(13)14-3)7(10)5-11-12/h5-6H,4H2,1-3H3. The van der Waals surface area contributed by atoms with E-state index in [2.05, 4.69) is 25.8 Å². The van der Waals surface area contributed by atoms with Crippen molar-refractivity contribution in [3.63, 3.8) is 0 Å². The van der Waals surface area contributed by atoms with Crippen LogP contribution in [0.3, 0.4) is 0 Å². The number of esters is 1. The second kappa shape index (κ2) is 4.59. The normalized spacial score (nSPS) is 12.6. The Labute approximate surface area is 91.4 Å². The summed E-state index contributed by atoms with van der Waals surface area (Å²) in [5.74, 6) is -0.366. The third-order valence-electron chi connectivity index (χ3n) is 2.14. The van der Waals surface area contributed by atoms with Crippen LogP contribution < -0.4 is 0 Å². The van der Waals surface area contributed by atoms with Crippen molar-refractivity contribution in [1.82, 2.24) is 9.78 Å². The molecule has 0 saturated carbocycles. The van der Waals surface area contributed by atoms with Gasteiger partial charge in [0.1, 0.15) is 0 Å². The summed E-state index contributed by atoms with van der Waals surface area (Å²) >= 11 is 3.27. The van der Waals surface area contributed by atoms with Gasteiger partial charge < -0.3 is 4.74 Å². The first-order chi connectivity index (χ1) is 6.61. The van der Waals surface area contributed by atoms with E-state index in [9.17, 15) is 4.79 Å². The van der Waals surface area contributed by atoms with Gasteiger partial charge in [-0.1, -0.05) is 6.92 Å². The second-order valence-electron chi connectivity index (χ2n) is 3.03. The van der Waals surface area contributed by atoms with Gasteiger partial charge in [-0.15, -0.1) is 0 Å².